The first-order valence-corrected chi connectivity index (χ1v) is 17.4. The number of methoxy groups -OCH3 is 3. The molecule has 2 aromatic heterocycles. The Morgan fingerprint density at radius 1 is 0.679 bits per heavy atom. The van der Waals surface area contributed by atoms with Crippen LogP contribution in [0.15, 0.2) is 73.6 Å². The third-order valence-corrected chi connectivity index (χ3v) is 9.34. The average Bonchev–Trinajstić information content (AvgIpc) is 3.80. The van der Waals surface area contributed by atoms with E-state index in [0.717, 1.165) is 17.8 Å². The highest BCUT2D eigenvalue weighted by Gasteiger charge is 2.35. The van der Waals surface area contributed by atoms with E-state index in [9.17, 15) is 35.9 Å². The van der Waals surface area contributed by atoms with Crippen LogP contribution in [0, 0.1) is 0 Å². The van der Waals surface area contributed by atoms with Crippen molar-refractivity contribution in [2.75, 3.05) is 34.5 Å². The van der Waals surface area contributed by atoms with Gasteiger partial charge in [0.05, 0.1) is 60.2 Å². The van der Waals surface area contributed by atoms with Crippen LogP contribution in [0.5, 0.6) is 0 Å². The molecule has 0 fully saturated rings. The molecule has 2 heterocycles. The van der Waals surface area contributed by atoms with Gasteiger partial charge in [-0.2, -0.15) is 26.3 Å². The van der Waals surface area contributed by atoms with E-state index < -0.39 is 29.4 Å². The topological polar surface area (TPSA) is 97.5 Å². The van der Waals surface area contributed by atoms with Gasteiger partial charge in [0.15, 0.2) is 6.29 Å². The second kappa shape index (κ2) is 17.5. The van der Waals surface area contributed by atoms with Gasteiger partial charge in [-0.05, 0) is 107 Å². The average molecular weight is 783 g/mol. The maximum atomic E-state index is 13.7. The number of ether oxygens (including phenoxy) is 3. The zero-order chi connectivity index (χ0) is 40.8. The number of halogens is 6. The smallest absolute Gasteiger partial charge is 0.416 e. The van der Waals surface area contributed by atoms with Crippen LogP contribution in [0.1, 0.15) is 55.8 Å². The highest BCUT2D eigenvalue weighted by atomic mass is 19.4. The van der Waals surface area contributed by atoms with Crippen molar-refractivity contribution >= 4 is 33.8 Å². The minimum atomic E-state index is -4.51. The number of hydrogen-bond acceptors (Lipinski definition) is 7. The van der Waals surface area contributed by atoms with E-state index in [0.29, 0.717) is 76.3 Å². The standard InChI is InChI=1S/C21H21F3N2O3.C20H19F3N2O2/c1-26-12-25-11-19(26)15-7-14-10-18(21(22,23)24)13(5-4-6-28-2)8-16(14)17(9-15)20(27)29-3;1-25-12-24-10-19(25)15-6-14-9-18(20(21,22)23)13(4-3-5-27-2)8-17(14)16(7-15)11-26/h7-12H,4-6H2,1-3H3;6-12H,3-5H2,1-2H3. The normalized spacial score (nSPS) is 11.8. The number of hydrogen-bond donors (Lipinski definition) is 0. The van der Waals surface area contributed by atoms with Gasteiger partial charge in [-0.15, -0.1) is 0 Å². The van der Waals surface area contributed by atoms with Crippen LogP contribution >= 0.6 is 0 Å². The van der Waals surface area contributed by atoms with Crippen molar-refractivity contribution in [2.24, 2.45) is 14.1 Å². The summed E-state index contributed by atoms with van der Waals surface area (Å²) in [6.07, 6.45) is -0.619. The van der Waals surface area contributed by atoms with E-state index in [-0.39, 0.29) is 29.5 Å². The summed E-state index contributed by atoms with van der Waals surface area (Å²) in [6.45, 7) is 0.716. The van der Waals surface area contributed by atoms with Crippen LogP contribution in [-0.2, 0) is 53.5 Å². The molecule has 15 heteroatoms. The fourth-order valence-corrected chi connectivity index (χ4v) is 6.64. The predicted molar refractivity (Wildman–Crippen MR) is 199 cm³/mol. The highest BCUT2D eigenvalue weighted by molar-refractivity contribution is 6.07. The summed E-state index contributed by atoms with van der Waals surface area (Å²) in [5.41, 5.74) is 2.09. The van der Waals surface area contributed by atoms with Crippen molar-refractivity contribution in [3.63, 3.8) is 0 Å². The van der Waals surface area contributed by atoms with Crippen molar-refractivity contribution in [1.82, 2.24) is 19.1 Å². The molecule has 4 aromatic carbocycles. The number of fused-ring (bicyclic) bond motifs is 2. The van der Waals surface area contributed by atoms with Crippen molar-refractivity contribution in [3.8, 4) is 22.5 Å². The number of esters is 1. The van der Waals surface area contributed by atoms with Gasteiger partial charge < -0.3 is 23.3 Å². The van der Waals surface area contributed by atoms with Gasteiger partial charge in [0.25, 0.3) is 0 Å². The molecule has 0 radical (unpaired) electrons. The first kappa shape index (κ1) is 41.6. The molecule has 0 N–H and O–H groups in total. The molecule has 0 bridgehead atoms. The van der Waals surface area contributed by atoms with Crippen molar-refractivity contribution < 1.29 is 50.1 Å². The minimum absolute atomic E-state index is 0.125. The molecule has 0 saturated carbocycles. The number of aldehydes is 1. The second-order valence-electron chi connectivity index (χ2n) is 13.1. The molecular weight excluding hydrogens is 742 g/mol. The number of imidazole rings is 2. The predicted octanol–water partition coefficient (Wildman–Crippen LogP) is 9.28. The van der Waals surface area contributed by atoms with E-state index in [1.165, 1.54) is 33.5 Å². The van der Waals surface area contributed by atoms with E-state index in [1.54, 1.807) is 72.5 Å². The van der Waals surface area contributed by atoms with Gasteiger partial charge in [0, 0.05) is 58.2 Å². The SMILES string of the molecule is COCCCc1cc2c(C(=O)OC)cc(-c3cncn3C)cc2cc1C(F)(F)F.COCCCc1cc2c(C=O)cc(-c3cncn3C)cc2cc1C(F)(F)F. The lowest BCUT2D eigenvalue weighted by Crippen LogP contribution is -2.11. The molecule has 0 aliphatic heterocycles. The number of rotatable bonds is 12. The van der Waals surface area contributed by atoms with Gasteiger partial charge in [-0.1, -0.05) is 0 Å². The maximum absolute atomic E-state index is 13.7. The number of alkyl halides is 6. The van der Waals surface area contributed by atoms with Gasteiger partial charge in [-0.3, -0.25) is 4.79 Å². The summed E-state index contributed by atoms with van der Waals surface area (Å²) >= 11 is 0. The first-order chi connectivity index (χ1) is 26.6. The van der Waals surface area contributed by atoms with Crippen molar-refractivity contribution in [2.45, 2.75) is 38.0 Å². The Labute approximate surface area is 318 Å². The first-order valence-electron chi connectivity index (χ1n) is 17.4. The van der Waals surface area contributed by atoms with E-state index in [4.69, 9.17) is 14.2 Å². The van der Waals surface area contributed by atoms with E-state index in [2.05, 4.69) is 9.97 Å². The molecule has 0 atom stereocenters. The number of carbonyl (C=O) groups excluding carboxylic acids is 2. The van der Waals surface area contributed by atoms with Crippen molar-refractivity contribution in [3.05, 3.63) is 107 Å². The van der Waals surface area contributed by atoms with Gasteiger partial charge in [-0.25, -0.2) is 14.8 Å². The highest BCUT2D eigenvalue weighted by Crippen LogP contribution is 2.39. The zero-order valence-electron chi connectivity index (χ0n) is 31.3. The second-order valence-corrected chi connectivity index (χ2v) is 13.1. The Bertz CT molecular complexity index is 2350. The van der Waals surface area contributed by atoms with Gasteiger partial charge in [0.1, 0.15) is 0 Å². The molecule has 296 valence electrons. The number of nitrogens with zero attached hydrogens (tertiary/aromatic N) is 4. The summed E-state index contributed by atoms with van der Waals surface area (Å²) in [4.78, 5) is 32.1. The zero-order valence-corrected chi connectivity index (χ0v) is 31.3. The minimum Gasteiger partial charge on any atom is -0.465 e. The summed E-state index contributed by atoms with van der Waals surface area (Å²) in [5.74, 6) is -0.610. The van der Waals surface area contributed by atoms with E-state index >= 15 is 0 Å². The molecule has 9 nitrogen and oxygen atoms in total. The summed E-state index contributed by atoms with van der Waals surface area (Å²) < 4.78 is 100. The maximum Gasteiger partial charge on any atom is 0.416 e. The summed E-state index contributed by atoms with van der Waals surface area (Å²) in [5, 5.41) is 1.62. The fourth-order valence-electron chi connectivity index (χ4n) is 6.64. The third-order valence-electron chi connectivity index (χ3n) is 9.34. The Morgan fingerprint density at radius 3 is 1.55 bits per heavy atom. The Balaban J connectivity index is 0.000000215. The molecular formula is C41H40F6N4O5. The summed E-state index contributed by atoms with van der Waals surface area (Å²) in [7, 11) is 7.81. The van der Waals surface area contributed by atoms with Gasteiger partial charge in [0.2, 0.25) is 0 Å². The molecule has 0 aliphatic rings. The van der Waals surface area contributed by atoms with Crippen LogP contribution in [0.25, 0.3) is 44.1 Å². The summed E-state index contributed by atoms with van der Waals surface area (Å²) in [6, 6.07) is 11.7. The largest absolute Gasteiger partial charge is 0.465 e. The Morgan fingerprint density at radius 2 is 1.14 bits per heavy atom. The molecule has 0 aliphatic carbocycles. The van der Waals surface area contributed by atoms with Crippen LogP contribution in [-0.4, -0.2) is 65.9 Å². The Hall–Kier alpha value is -5.54. The molecule has 0 saturated heterocycles. The van der Waals surface area contributed by atoms with Crippen LogP contribution in [0.2, 0.25) is 0 Å². The van der Waals surface area contributed by atoms with Crippen LogP contribution < -0.4 is 0 Å². The molecule has 0 unspecified atom stereocenters. The lowest BCUT2D eigenvalue weighted by molar-refractivity contribution is -0.139. The van der Waals surface area contributed by atoms with Crippen molar-refractivity contribution in [1.29, 1.82) is 0 Å². The number of aromatic nitrogens is 4. The quantitative estimate of drug-likeness (QED) is 0.0529. The van der Waals surface area contributed by atoms with Crippen LogP contribution in [0.4, 0.5) is 26.3 Å². The number of carbonyl (C=O) groups is 2. The lowest BCUT2D eigenvalue weighted by atomic mass is 9.92. The van der Waals surface area contributed by atoms with Crippen LogP contribution in [0.3, 0.4) is 0 Å². The lowest BCUT2D eigenvalue weighted by Gasteiger charge is -2.17. The Kier molecular flexibility index (Phi) is 13.0. The molecule has 56 heavy (non-hydrogen) atoms. The third kappa shape index (κ3) is 9.28. The monoisotopic (exact) mass is 782 g/mol. The number of benzene rings is 4. The fraction of sp³-hybridized carbons (Fsp3) is 0.317. The van der Waals surface area contributed by atoms with E-state index in [1.807, 2.05) is 0 Å². The molecule has 6 rings (SSSR count). The number of aryl methyl sites for hydroxylation is 4. The van der Waals surface area contributed by atoms with Gasteiger partial charge >= 0.3 is 18.3 Å². The molecule has 0 spiro atoms. The molecule has 0 amide bonds. The molecule has 6 aromatic rings.